The van der Waals surface area contributed by atoms with E-state index in [2.05, 4.69) is 4.74 Å². The van der Waals surface area contributed by atoms with Crippen LogP contribution in [0.15, 0.2) is 16.5 Å². The van der Waals surface area contributed by atoms with Crippen molar-refractivity contribution in [3.05, 3.63) is 23.7 Å². The lowest BCUT2D eigenvalue weighted by Crippen LogP contribution is -2.09. The van der Waals surface area contributed by atoms with E-state index in [0.29, 0.717) is 6.61 Å². The Morgan fingerprint density at radius 2 is 1.81 bits per heavy atom. The SMILES string of the molecule is COC(=O)c1ccc(C(=O)OCC(C)C)o1. The van der Waals surface area contributed by atoms with Crippen molar-refractivity contribution in [2.75, 3.05) is 13.7 Å². The summed E-state index contributed by atoms with van der Waals surface area (Å²) in [6, 6.07) is 2.76. The first kappa shape index (κ1) is 12.3. The monoisotopic (exact) mass is 226 g/mol. The van der Waals surface area contributed by atoms with Gasteiger partial charge in [0.1, 0.15) is 0 Å². The number of ether oxygens (including phenoxy) is 2. The van der Waals surface area contributed by atoms with E-state index in [1.807, 2.05) is 13.8 Å². The van der Waals surface area contributed by atoms with Crippen LogP contribution in [0.2, 0.25) is 0 Å². The van der Waals surface area contributed by atoms with Crippen molar-refractivity contribution in [3.63, 3.8) is 0 Å². The fraction of sp³-hybridized carbons (Fsp3) is 0.455. The topological polar surface area (TPSA) is 65.7 Å². The van der Waals surface area contributed by atoms with Gasteiger partial charge in [0.2, 0.25) is 11.5 Å². The molecule has 0 saturated carbocycles. The molecule has 0 aromatic carbocycles. The average molecular weight is 226 g/mol. The quantitative estimate of drug-likeness (QED) is 0.733. The van der Waals surface area contributed by atoms with Crippen LogP contribution in [0.3, 0.4) is 0 Å². The van der Waals surface area contributed by atoms with Gasteiger partial charge in [-0.1, -0.05) is 13.8 Å². The summed E-state index contributed by atoms with van der Waals surface area (Å²) in [6.07, 6.45) is 0. The van der Waals surface area contributed by atoms with Crippen molar-refractivity contribution < 1.29 is 23.5 Å². The Balaban J connectivity index is 2.63. The van der Waals surface area contributed by atoms with Crippen molar-refractivity contribution in [2.24, 2.45) is 5.92 Å². The summed E-state index contributed by atoms with van der Waals surface area (Å²) in [5.41, 5.74) is 0. The van der Waals surface area contributed by atoms with Crippen LogP contribution >= 0.6 is 0 Å². The van der Waals surface area contributed by atoms with Gasteiger partial charge in [-0.15, -0.1) is 0 Å². The van der Waals surface area contributed by atoms with Crippen molar-refractivity contribution >= 4 is 11.9 Å². The smallest absolute Gasteiger partial charge is 0.374 e. The summed E-state index contributed by atoms with van der Waals surface area (Å²) in [6.45, 7) is 4.16. The van der Waals surface area contributed by atoms with Gasteiger partial charge in [-0.2, -0.15) is 0 Å². The molecule has 0 aliphatic carbocycles. The first-order chi connectivity index (χ1) is 7.54. The molecule has 0 saturated heterocycles. The lowest BCUT2D eigenvalue weighted by molar-refractivity contribution is 0.0415. The standard InChI is InChI=1S/C11H14O5/c1-7(2)6-15-11(13)9-5-4-8(16-9)10(12)14-3/h4-5,7H,6H2,1-3H3. The lowest BCUT2D eigenvalue weighted by Gasteiger charge is -2.04. The molecule has 0 spiro atoms. The van der Waals surface area contributed by atoms with Gasteiger partial charge in [-0.3, -0.25) is 0 Å². The molecule has 1 rings (SSSR count). The Morgan fingerprint density at radius 3 is 2.31 bits per heavy atom. The molecular formula is C11H14O5. The zero-order valence-electron chi connectivity index (χ0n) is 9.48. The highest BCUT2D eigenvalue weighted by atomic mass is 16.6. The minimum Gasteiger partial charge on any atom is -0.463 e. The van der Waals surface area contributed by atoms with Crippen LogP contribution in [-0.4, -0.2) is 25.7 Å². The predicted octanol–water partition coefficient (Wildman–Crippen LogP) is 1.88. The molecule has 0 fully saturated rings. The Hall–Kier alpha value is -1.78. The maximum atomic E-state index is 11.4. The minimum atomic E-state index is -0.622. The van der Waals surface area contributed by atoms with Crippen molar-refractivity contribution in [1.29, 1.82) is 0 Å². The Kier molecular flexibility index (Phi) is 4.10. The molecule has 0 aliphatic rings. The zero-order chi connectivity index (χ0) is 12.1. The number of carbonyl (C=O) groups excluding carboxylic acids is 2. The highest BCUT2D eigenvalue weighted by Crippen LogP contribution is 2.10. The number of furan rings is 1. The summed E-state index contributed by atoms with van der Waals surface area (Å²) < 4.78 is 14.4. The maximum Gasteiger partial charge on any atom is 0.374 e. The molecule has 5 nitrogen and oxygen atoms in total. The third kappa shape index (κ3) is 3.12. The molecule has 0 N–H and O–H groups in total. The maximum absolute atomic E-state index is 11.4. The highest BCUT2D eigenvalue weighted by Gasteiger charge is 2.17. The van der Waals surface area contributed by atoms with E-state index >= 15 is 0 Å². The van der Waals surface area contributed by atoms with E-state index in [1.165, 1.54) is 19.2 Å². The summed E-state index contributed by atoms with van der Waals surface area (Å²) >= 11 is 0. The molecule has 0 aliphatic heterocycles. The van der Waals surface area contributed by atoms with Gasteiger partial charge in [0.15, 0.2) is 0 Å². The molecule has 1 heterocycles. The molecule has 0 unspecified atom stereocenters. The second-order valence-electron chi connectivity index (χ2n) is 3.65. The van der Waals surface area contributed by atoms with Gasteiger partial charge in [0.25, 0.3) is 0 Å². The van der Waals surface area contributed by atoms with E-state index < -0.39 is 11.9 Å². The molecule has 5 heteroatoms. The molecule has 1 aromatic rings. The van der Waals surface area contributed by atoms with Gasteiger partial charge in [-0.05, 0) is 18.1 Å². The van der Waals surface area contributed by atoms with Crippen LogP contribution in [0, 0.1) is 5.92 Å². The summed E-state index contributed by atoms with van der Waals surface area (Å²) in [4.78, 5) is 22.5. The normalized spacial score (nSPS) is 10.2. The fourth-order valence-electron chi connectivity index (χ4n) is 0.971. The Bertz CT molecular complexity index is 377. The summed E-state index contributed by atoms with van der Waals surface area (Å²) in [5.74, 6) is -0.967. The molecule has 0 bridgehead atoms. The first-order valence-electron chi connectivity index (χ1n) is 4.90. The highest BCUT2D eigenvalue weighted by molar-refractivity contribution is 5.90. The molecular weight excluding hydrogens is 212 g/mol. The lowest BCUT2D eigenvalue weighted by atomic mass is 10.2. The van der Waals surface area contributed by atoms with E-state index in [4.69, 9.17) is 9.15 Å². The second kappa shape index (κ2) is 5.34. The molecule has 0 radical (unpaired) electrons. The Labute approximate surface area is 93.3 Å². The van der Waals surface area contributed by atoms with Crippen molar-refractivity contribution in [3.8, 4) is 0 Å². The van der Waals surface area contributed by atoms with E-state index in [1.54, 1.807) is 0 Å². The zero-order valence-corrected chi connectivity index (χ0v) is 9.48. The van der Waals surface area contributed by atoms with Gasteiger partial charge < -0.3 is 13.9 Å². The van der Waals surface area contributed by atoms with E-state index in [0.717, 1.165) is 0 Å². The predicted molar refractivity (Wildman–Crippen MR) is 55.2 cm³/mol. The van der Waals surface area contributed by atoms with Crippen LogP contribution < -0.4 is 0 Å². The van der Waals surface area contributed by atoms with Crippen LogP contribution in [0.1, 0.15) is 35.0 Å². The fourth-order valence-corrected chi connectivity index (χ4v) is 0.971. The molecule has 1 aromatic heterocycles. The second-order valence-corrected chi connectivity index (χ2v) is 3.65. The summed E-state index contributed by atoms with van der Waals surface area (Å²) in [5, 5.41) is 0. The number of hydrogen-bond acceptors (Lipinski definition) is 5. The number of methoxy groups -OCH3 is 1. The number of esters is 2. The van der Waals surface area contributed by atoms with Crippen LogP contribution in [-0.2, 0) is 9.47 Å². The Morgan fingerprint density at radius 1 is 1.25 bits per heavy atom. The van der Waals surface area contributed by atoms with Crippen molar-refractivity contribution in [2.45, 2.75) is 13.8 Å². The van der Waals surface area contributed by atoms with Gasteiger partial charge in [0, 0.05) is 0 Å². The molecule has 88 valence electrons. The third-order valence-corrected chi connectivity index (χ3v) is 1.74. The molecule has 0 amide bonds. The third-order valence-electron chi connectivity index (χ3n) is 1.74. The van der Waals surface area contributed by atoms with Gasteiger partial charge in [0.05, 0.1) is 13.7 Å². The van der Waals surface area contributed by atoms with E-state index in [-0.39, 0.29) is 17.4 Å². The largest absolute Gasteiger partial charge is 0.463 e. The van der Waals surface area contributed by atoms with Gasteiger partial charge >= 0.3 is 11.9 Å². The number of rotatable bonds is 4. The first-order valence-corrected chi connectivity index (χ1v) is 4.90. The average Bonchev–Trinajstić information content (AvgIpc) is 2.74. The molecule has 16 heavy (non-hydrogen) atoms. The minimum absolute atomic E-state index is 0.000972. The number of carbonyl (C=O) groups is 2. The van der Waals surface area contributed by atoms with Crippen molar-refractivity contribution in [1.82, 2.24) is 0 Å². The van der Waals surface area contributed by atoms with Gasteiger partial charge in [-0.25, -0.2) is 9.59 Å². The van der Waals surface area contributed by atoms with Crippen LogP contribution in [0.25, 0.3) is 0 Å². The summed E-state index contributed by atoms with van der Waals surface area (Å²) in [7, 11) is 1.24. The van der Waals surface area contributed by atoms with E-state index in [9.17, 15) is 9.59 Å². The van der Waals surface area contributed by atoms with Crippen LogP contribution in [0.4, 0.5) is 0 Å². The van der Waals surface area contributed by atoms with Crippen LogP contribution in [0.5, 0.6) is 0 Å². The number of hydrogen-bond donors (Lipinski definition) is 0. The molecule has 0 atom stereocenters.